The average Bonchev–Trinajstić information content (AvgIpc) is 2.77. The molecule has 168 valence electrons. The van der Waals surface area contributed by atoms with Crippen LogP contribution in [0.25, 0.3) is 0 Å². The molecule has 1 amide bonds. The quantitative estimate of drug-likeness (QED) is 0.537. The fourth-order valence-electron chi connectivity index (χ4n) is 4.26. The highest BCUT2D eigenvalue weighted by molar-refractivity contribution is 5.92. The summed E-state index contributed by atoms with van der Waals surface area (Å²) in [7, 11) is 0. The first-order valence-corrected chi connectivity index (χ1v) is 11.8. The van der Waals surface area contributed by atoms with Crippen molar-refractivity contribution in [1.82, 2.24) is 4.90 Å². The van der Waals surface area contributed by atoms with E-state index in [0.29, 0.717) is 5.92 Å². The summed E-state index contributed by atoms with van der Waals surface area (Å²) in [5, 5.41) is 3.03. The Kier molecular flexibility index (Phi) is 8.68. The lowest BCUT2D eigenvalue weighted by Crippen LogP contribution is -2.34. The molecule has 1 atom stereocenters. The first-order chi connectivity index (χ1) is 14.9. The van der Waals surface area contributed by atoms with Crippen molar-refractivity contribution in [1.29, 1.82) is 0 Å². The zero-order chi connectivity index (χ0) is 22.2. The van der Waals surface area contributed by atoms with E-state index in [4.69, 9.17) is 4.74 Å². The molecule has 0 bridgehead atoms. The molecule has 0 aliphatic carbocycles. The number of carbonyl (C=O) groups is 1. The normalized spacial score (nSPS) is 16.6. The predicted molar refractivity (Wildman–Crippen MR) is 128 cm³/mol. The predicted octanol–water partition coefficient (Wildman–Crippen LogP) is 6.02. The molecule has 2 aromatic carbocycles. The number of anilines is 1. The molecule has 0 radical (unpaired) electrons. The third-order valence-corrected chi connectivity index (χ3v) is 6.05. The summed E-state index contributed by atoms with van der Waals surface area (Å²) >= 11 is 0. The van der Waals surface area contributed by atoms with Gasteiger partial charge in [0.2, 0.25) is 5.91 Å². The van der Waals surface area contributed by atoms with Gasteiger partial charge in [-0.3, -0.25) is 4.79 Å². The number of carbonyl (C=O) groups excluding carboxylic acids is 1. The summed E-state index contributed by atoms with van der Waals surface area (Å²) in [4.78, 5) is 14.6. The van der Waals surface area contributed by atoms with E-state index in [0.717, 1.165) is 44.6 Å². The number of rotatable bonds is 9. The zero-order valence-corrected chi connectivity index (χ0v) is 19.5. The van der Waals surface area contributed by atoms with Gasteiger partial charge in [-0.2, -0.15) is 0 Å². The first-order valence-electron chi connectivity index (χ1n) is 11.8. The number of nitrogens with zero attached hydrogens (tertiary/aromatic N) is 1. The smallest absolute Gasteiger partial charge is 0.226 e. The van der Waals surface area contributed by atoms with Crippen molar-refractivity contribution in [3.05, 3.63) is 65.7 Å². The summed E-state index contributed by atoms with van der Waals surface area (Å²) in [5.41, 5.74) is 3.52. The van der Waals surface area contributed by atoms with Crippen LogP contribution in [0.5, 0.6) is 0 Å². The molecule has 1 fully saturated rings. The van der Waals surface area contributed by atoms with Gasteiger partial charge in [0.25, 0.3) is 0 Å². The highest BCUT2D eigenvalue weighted by Gasteiger charge is 2.22. The maximum Gasteiger partial charge on any atom is 0.226 e. The van der Waals surface area contributed by atoms with Crippen molar-refractivity contribution in [3.63, 3.8) is 0 Å². The van der Waals surface area contributed by atoms with Crippen LogP contribution in [0.4, 0.5) is 5.69 Å². The van der Waals surface area contributed by atoms with Gasteiger partial charge in [0.15, 0.2) is 0 Å². The Balaban J connectivity index is 1.52. The van der Waals surface area contributed by atoms with E-state index in [2.05, 4.69) is 72.6 Å². The van der Waals surface area contributed by atoms with Gasteiger partial charge in [0.05, 0.1) is 12.2 Å². The molecule has 3 rings (SSSR count). The monoisotopic (exact) mass is 422 g/mol. The molecule has 1 N–H and O–H groups in total. The minimum Gasteiger partial charge on any atom is -0.371 e. The number of hydrogen-bond donors (Lipinski definition) is 1. The Morgan fingerprint density at radius 1 is 1.03 bits per heavy atom. The third kappa shape index (κ3) is 7.19. The van der Waals surface area contributed by atoms with Gasteiger partial charge in [-0.1, -0.05) is 56.3 Å². The summed E-state index contributed by atoms with van der Waals surface area (Å²) in [6.45, 7) is 11.3. The van der Waals surface area contributed by atoms with E-state index in [1.807, 2.05) is 19.9 Å². The number of benzene rings is 2. The van der Waals surface area contributed by atoms with E-state index >= 15 is 0 Å². The van der Waals surface area contributed by atoms with Crippen LogP contribution >= 0.6 is 0 Å². The molecule has 4 heteroatoms. The van der Waals surface area contributed by atoms with E-state index in [1.54, 1.807) is 0 Å². The first kappa shape index (κ1) is 23.5. The second-order valence-electron chi connectivity index (χ2n) is 9.26. The maximum absolute atomic E-state index is 12.0. The largest absolute Gasteiger partial charge is 0.371 e. The number of ether oxygens (including phenoxy) is 1. The van der Waals surface area contributed by atoms with Gasteiger partial charge < -0.3 is 15.0 Å². The third-order valence-electron chi connectivity index (χ3n) is 6.05. The maximum atomic E-state index is 12.0. The fourth-order valence-corrected chi connectivity index (χ4v) is 4.26. The molecular weight excluding hydrogens is 384 g/mol. The molecule has 1 aliphatic heterocycles. The summed E-state index contributed by atoms with van der Waals surface area (Å²) in [6, 6.07) is 19.0. The zero-order valence-electron chi connectivity index (χ0n) is 19.5. The standard InChI is InChI=1S/C27H38N2O2/c1-20(2)27(30)28-25-12-8-11-24(19-25)22-13-16-29(17-14-22)18-15-26(31-21(3)4)23-9-6-5-7-10-23/h5-12,19-22,26H,13-18H2,1-4H3,(H,28,30). The molecular formula is C27H38N2O2. The minimum absolute atomic E-state index is 0.00807. The number of nitrogens with one attached hydrogen (secondary N) is 1. The van der Waals surface area contributed by atoms with Gasteiger partial charge in [-0.25, -0.2) is 0 Å². The van der Waals surface area contributed by atoms with E-state index in [9.17, 15) is 4.79 Å². The molecule has 1 heterocycles. The molecule has 0 aromatic heterocycles. The average molecular weight is 423 g/mol. The minimum atomic E-state index is -0.00807. The van der Waals surface area contributed by atoms with E-state index in [-0.39, 0.29) is 24.0 Å². The Morgan fingerprint density at radius 2 is 1.74 bits per heavy atom. The second kappa shape index (κ2) is 11.4. The van der Waals surface area contributed by atoms with E-state index < -0.39 is 0 Å². The Bertz CT molecular complexity index is 811. The van der Waals surface area contributed by atoms with Crippen molar-refractivity contribution in [2.24, 2.45) is 5.92 Å². The van der Waals surface area contributed by atoms with Crippen LogP contribution in [0.3, 0.4) is 0 Å². The van der Waals surface area contributed by atoms with Crippen LogP contribution in [-0.4, -0.2) is 36.5 Å². The van der Waals surface area contributed by atoms with Crippen LogP contribution in [0.15, 0.2) is 54.6 Å². The van der Waals surface area contributed by atoms with Crippen molar-refractivity contribution in [2.45, 2.75) is 65.1 Å². The lowest BCUT2D eigenvalue weighted by Gasteiger charge is -2.33. The van der Waals surface area contributed by atoms with Crippen LogP contribution < -0.4 is 5.32 Å². The van der Waals surface area contributed by atoms with Crippen LogP contribution in [-0.2, 0) is 9.53 Å². The topological polar surface area (TPSA) is 41.6 Å². The highest BCUT2D eigenvalue weighted by atomic mass is 16.5. The molecule has 1 aliphatic rings. The Labute approximate surface area is 188 Å². The van der Waals surface area contributed by atoms with Crippen LogP contribution in [0.1, 0.15) is 70.1 Å². The Morgan fingerprint density at radius 3 is 2.39 bits per heavy atom. The number of amides is 1. The molecule has 31 heavy (non-hydrogen) atoms. The van der Waals surface area contributed by atoms with Crippen molar-refractivity contribution < 1.29 is 9.53 Å². The molecule has 1 saturated heterocycles. The second-order valence-corrected chi connectivity index (χ2v) is 9.26. The number of piperidine rings is 1. The van der Waals surface area contributed by atoms with E-state index in [1.165, 1.54) is 11.1 Å². The van der Waals surface area contributed by atoms with Gasteiger partial charge in [-0.15, -0.1) is 0 Å². The number of hydrogen-bond acceptors (Lipinski definition) is 3. The van der Waals surface area contributed by atoms with Crippen LogP contribution in [0, 0.1) is 5.92 Å². The summed E-state index contributed by atoms with van der Waals surface area (Å²) < 4.78 is 6.22. The van der Waals surface area contributed by atoms with Gasteiger partial charge in [-0.05, 0) is 75.4 Å². The van der Waals surface area contributed by atoms with Crippen molar-refractivity contribution in [2.75, 3.05) is 25.0 Å². The molecule has 4 nitrogen and oxygen atoms in total. The van der Waals surface area contributed by atoms with Crippen LogP contribution in [0.2, 0.25) is 0 Å². The molecule has 1 unspecified atom stereocenters. The van der Waals surface area contributed by atoms with Gasteiger partial charge in [0.1, 0.15) is 0 Å². The Hall–Kier alpha value is -2.17. The summed E-state index contributed by atoms with van der Waals surface area (Å²) in [5.74, 6) is 0.624. The van der Waals surface area contributed by atoms with Crippen molar-refractivity contribution in [3.8, 4) is 0 Å². The number of likely N-dealkylation sites (tertiary alicyclic amines) is 1. The summed E-state index contributed by atoms with van der Waals surface area (Å²) in [6.07, 6.45) is 3.70. The van der Waals surface area contributed by atoms with Gasteiger partial charge in [0, 0.05) is 18.2 Å². The fraction of sp³-hybridized carbons (Fsp3) is 0.519. The lowest BCUT2D eigenvalue weighted by atomic mass is 9.89. The highest BCUT2D eigenvalue weighted by Crippen LogP contribution is 2.31. The molecule has 0 spiro atoms. The van der Waals surface area contributed by atoms with Crippen molar-refractivity contribution >= 4 is 11.6 Å². The lowest BCUT2D eigenvalue weighted by molar-refractivity contribution is -0.118. The molecule has 2 aromatic rings. The van der Waals surface area contributed by atoms with Gasteiger partial charge >= 0.3 is 0 Å². The SMILES string of the molecule is CC(C)OC(CCN1CCC(c2cccc(NC(=O)C(C)C)c2)CC1)c1ccccc1. The molecule has 0 saturated carbocycles.